The SMILES string of the molecule is CCc1cc(Cn2c(CN)cnc2C)n(CC)n1. The molecule has 0 aromatic carbocycles. The van der Waals surface area contributed by atoms with Crippen LogP contribution in [0.1, 0.15) is 36.8 Å². The van der Waals surface area contributed by atoms with Gasteiger partial charge in [-0.15, -0.1) is 0 Å². The van der Waals surface area contributed by atoms with Crippen LogP contribution in [0.3, 0.4) is 0 Å². The van der Waals surface area contributed by atoms with Gasteiger partial charge in [0.1, 0.15) is 5.82 Å². The predicted octanol–water partition coefficient (Wildman–Crippen LogP) is 1.48. The van der Waals surface area contributed by atoms with E-state index in [0.29, 0.717) is 6.54 Å². The maximum Gasteiger partial charge on any atom is 0.106 e. The van der Waals surface area contributed by atoms with Crippen molar-refractivity contribution in [1.29, 1.82) is 0 Å². The summed E-state index contributed by atoms with van der Waals surface area (Å²) in [6.07, 6.45) is 2.81. The Morgan fingerprint density at radius 2 is 2.06 bits per heavy atom. The van der Waals surface area contributed by atoms with E-state index in [0.717, 1.165) is 36.7 Å². The molecule has 0 atom stereocenters. The van der Waals surface area contributed by atoms with Crippen LogP contribution in [0, 0.1) is 6.92 Å². The molecule has 98 valence electrons. The van der Waals surface area contributed by atoms with E-state index in [2.05, 4.69) is 39.2 Å². The summed E-state index contributed by atoms with van der Waals surface area (Å²) >= 11 is 0. The molecule has 0 bridgehead atoms. The van der Waals surface area contributed by atoms with Gasteiger partial charge in [-0.25, -0.2) is 4.98 Å². The number of hydrogen-bond acceptors (Lipinski definition) is 3. The van der Waals surface area contributed by atoms with Crippen molar-refractivity contribution in [3.63, 3.8) is 0 Å². The number of imidazole rings is 1. The molecular formula is C13H21N5. The summed E-state index contributed by atoms with van der Waals surface area (Å²) in [5.41, 5.74) is 9.15. The van der Waals surface area contributed by atoms with E-state index in [-0.39, 0.29) is 0 Å². The van der Waals surface area contributed by atoms with Crippen LogP contribution < -0.4 is 5.73 Å². The van der Waals surface area contributed by atoms with E-state index >= 15 is 0 Å². The van der Waals surface area contributed by atoms with Crippen LogP contribution in [-0.2, 0) is 26.1 Å². The first-order valence-electron chi connectivity index (χ1n) is 6.46. The summed E-state index contributed by atoms with van der Waals surface area (Å²) in [6, 6.07) is 2.17. The Hall–Kier alpha value is -1.62. The third-order valence-electron chi connectivity index (χ3n) is 3.24. The summed E-state index contributed by atoms with van der Waals surface area (Å²) in [5.74, 6) is 0.998. The maximum absolute atomic E-state index is 5.74. The van der Waals surface area contributed by atoms with Gasteiger partial charge in [-0.2, -0.15) is 5.10 Å². The lowest BCUT2D eigenvalue weighted by atomic mass is 10.3. The normalized spacial score (nSPS) is 11.1. The number of aryl methyl sites for hydroxylation is 3. The smallest absolute Gasteiger partial charge is 0.106 e. The monoisotopic (exact) mass is 247 g/mol. The second kappa shape index (κ2) is 5.35. The van der Waals surface area contributed by atoms with Crippen molar-refractivity contribution in [3.05, 3.63) is 35.2 Å². The van der Waals surface area contributed by atoms with Crippen LogP contribution in [0.2, 0.25) is 0 Å². The largest absolute Gasteiger partial charge is 0.325 e. The highest BCUT2D eigenvalue weighted by molar-refractivity contribution is 5.14. The predicted molar refractivity (Wildman–Crippen MR) is 71.2 cm³/mol. The van der Waals surface area contributed by atoms with Crippen molar-refractivity contribution >= 4 is 0 Å². The lowest BCUT2D eigenvalue weighted by Crippen LogP contribution is -2.13. The van der Waals surface area contributed by atoms with Crippen LogP contribution in [0.4, 0.5) is 0 Å². The number of aromatic nitrogens is 4. The highest BCUT2D eigenvalue weighted by Gasteiger charge is 2.10. The molecule has 0 saturated heterocycles. The Balaban J connectivity index is 2.32. The zero-order valence-electron chi connectivity index (χ0n) is 11.3. The fourth-order valence-corrected chi connectivity index (χ4v) is 2.14. The average molecular weight is 247 g/mol. The van der Waals surface area contributed by atoms with Gasteiger partial charge >= 0.3 is 0 Å². The summed E-state index contributed by atoms with van der Waals surface area (Å²) in [7, 11) is 0. The van der Waals surface area contributed by atoms with Crippen LogP contribution in [0.25, 0.3) is 0 Å². The fraction of sp³-hybridized carbons (Fsp3) is 0.538. The van der Waals surface area contributed by atoms with Gasteiger partial charge in [0.2, 0.25) is 0 Å². The molecule has 0 spiro atoms. The zero-order valence-corrected chi connectivity index (χ0v) is 11.3. The first-order valence-corrected chi connectivity index (χ1v) is 6.46. The number of nitrogens with zero attached hydrogens (tertiary/aromatic N) is 4. The summed E-state index contributed by atoms with van der Waals surface area (Å²) in [6.45, 7) is 8.44. The molecule has 0 radical (unpaired) electrons. The van der Waals surface area contributed by atoms with E-state index in [4.69, 9.17) is 5.73 Å². The Kier molecular flexibility index (Phi) is 3.81. The van der Waals surface area contributed by atoms with Gasteiger partial charge in [-0.1, -0.05) is 6.92 Å². The molecule has 18 heavy (non-hydrogen) atoms. The molecular weight excluding hydrogens is 226 g/mol. The average Bonchev–Trinajstić information content (AvgIpc) is 2.94. The Morgan fingerprint density at radius 3 is 2.67 bits per heavy atom. The third kappa shape index (κ3) is 2.31. The molecule has 0 aliphatic rings. The van der Waals surface area contributed by atoms with Gasteiger partial charge < -0.3 is 10.3 Å². The van der Waals surface area contributed by atoms with Crippen molar-refractivity contribution in [2.24, 2.45) is 5.73 Å². The van der Waals surface area contributed by atoms with Gasteiger partial charge in [0.15, 0.2) is 0 Å². The number of nitrogens with two attached hydrogens (primary N) is 1. The molecule has 2 aromatic rings. The van der Waals surface area contributed by atoms with Crippen molar-refractivity contribution in [1.82, 2.24) is 19.3 Å². The molecule has 2 N–H and O–H groups in total. The molecule has 0 aliphatic carbocycles. The van der Waals surface area contributed by atoms with Gasteiger partial charge in [-0.05, 0) is 26.3 Å². The summed E-state index contributed by atoms with van der Waals surface area (Å²) < 4.78 is 4.21. The lowest BCUT2D eigenvalue weighted by Gasteiger charge is -2.10. The molecule has 0 unspecified atom stereocenters. The maximum atomic E-state index is 5.74. The minimum absolute atomic E-state index is 0.516. The molecule has 5 heteroatoms. The van der Waals surface area contributed by atoms with E-state index < -0.39 is 0 Å². The van der Waals surface area contributed by atoms with E-state index in [1.807, 2.05) is 13.1 Å². The molecule has 5 nitrogen and oxygen atoms in total. The van der Waals surface area contributed by atoms with Crippen LogP contribution in [0.15, 0.2) is 12.3 Å². The molecule has 0 saturated carbocycles. The second-order valence-corrected chi connectivity index (χ2v) is 4.38. The van der Waals surface area contributed by atoms with Crippen molar-refractivity contribution in [2.75, 3.05) is 0 Å². The first-order chi connectivity index (χ1) is 8.69. The van der Waals surface area contributed by atoms with Crippen LogP contribution >= 0.6 is 0 Å². The zero-order chi connectivity index (χ0) is 13.1. The molecule has 2 aromatic heterocycles. The van der Waals surface area contributed by atoms with Crippen LogP contribution in [0.5, 0.6) is 0 Å². The van der Waals surface area contributed by atoms with E-state index in [1.54, 1.807) is 0 Å². The minimum Gasteiger partial charge on any atom is -0.325 e. The highest BCUT2D eigenvalue weighted by atomic mass is 15.3. The lowest BCUT2D eigenvalue weighted by molar-refractivity contribution is 0.583. The second-order valence-electron chi connectivity index (χ2n) is 4.38. The van der Waals surface area contributed by atoms with Crippen molar-refractivity contribution < 1.29 is 0 Å². The van der Waals surface area contributed by atoms with E-state index in [1.165, 1.54) is 5.69 Å². The van der Waals surface area contributed by atoms with Gasteiger partial charge in [0.05, 0.1) is 23.6 Å². The Labute approximate surface area is 108 Å². The Morgan fingerprint density at radius 1 is 1.28 bits per heavy atom. The highest BCUT2D eigenvalue weighted by Crippen LogP contribution is 2.11. The number of hydrogen-bond donors (Lipinski definition) is 1. The fourth-order valence-electron chi connectivity index (χ4n) is 2.14. The van der Waals surface area contributed by atoms with Gasteiger partial charge in [-0.3, -0.25) is 4.68 Å². The number of rotatable bonds is 5. The summed E-state index contributed by atoms with van der Waals surface area (Å²) in [5, 5.41) is 4.56. The minimum atomic E-state index is 0.516. The van der Waals surface area contributed by atoms with Crippen molar-refractivity contribution in [2.45, 2.75) is 46.8 Å². The molecule has 0 amide bonds. The topological polar surface area (TPSA) is 61.7 Å². The standard InChI is InChI=1S/C13H21N5/c1-4-11-6-12(18(5-2)16-11)9-17-10(3)15-8-13(17)7-14/h6,8H,4-5,7,9,14H2,1-3H3. The molecule has 2 rings (SSSR count). The molecule has 0 aliphatic heterocycles. The van der Waals surface area contributed by atoms with Crippen molar-refractivity contribution in [3.8, 4) is 0 Å². The molecule has 2 heterocycles. The third-order valence-corrected chi connectivity index (χ3v) is 3.24. The van der Waals surface area contributed by atoms with Gasteiger partial charge in [0, 0.05) is 19.3 Å². The van der Waals surface area contributed by atoms with Crippen LogP contribution in [-0.4, -0.2) is 19.3 Å². The Bertz CT molecular complexity index is 523. The first kappa shape index (κ1) is 12.8. The summed E-state index contributed by atoms with van der Waals surface area (Å²) in [4.78, 5) is 4.32. The quantitative estimate of drug-likeness (QED) is 0.870. The molecule has 0 fully saturated rings. The van der Waals surface area contributed by atoms with Gasteiger partial charge in [0.25, 0.3) is 0 Å². The van der Waals surface area contributed by atoms with E-state index in [9.17, 15) is 0 Å².